The number of para-hydroxylation sites is 1. The van der Waals surface area contributed by atoms with Crippen LogP contribution in [0, 0.1) is 0 Å². The molecule has 19 heavy (non-hydrogen) atoms. The topological polar surface area (TPSA) is 66.8 Å². The number of carboxylic acids is 1. The van der Waals surface area contributed by atoms with E-state index in [0.29, 0.717) is 12.4 Å². The van der Waals surface area contributed by atoms with Gasteiger partial charge in [-0.3, -0.25) is 0 Å². The van der Waals surface area contributed by atoms with Gasteiger partial charge < -0.3 is 14.9 Å². The molecule has 0 saturated heterocycles. The van der Waals surface area contributed by atoms with E-state index < -0.39 is 5.97 Å². The molecule has 2 N–H and O–H groups in total. The lowest BCUT2D eigenvalue weighted by atomic mass is 10.1. The quantitative estimate of drug-likeness (QED) is 0.639. The van der Waals surface area contributed by atoms with Crippen LogP contribution in [0.15, 0.2) is 24.3 Å². The van der Waals surface area contributed by atoms with Crippen LogP contribution >= 0.6 is 0 Å². The van der Waals surface area contributed by atoms with Crippen LogP contribution in [0.1, 0.15) is 48.9 Å². The first-order chi connectivity index (χ1) is 9.25. The van der Waals surface area contributed by atoms with Gasteiger partial charge in [0.05, 0.1) is 6.61 Å². The second-order valence-electron chi connectivity index (χ2n) is 4.49. The van der Waals surface area contributed by atoms with E-state index in [-0.39, 0.29) is 12.2 Å². The Kier molecular flexibility index (Phi) is 7.66. The Morgan fingerprint density at radius 1 is 1.00 bits per heavy atom. The highest BCUT2D eigenvalue weighted by atomic mass is 16.5. The molecule has 106 valence electrons. The molecular weight excluding hydrogens is 244 g/mol. The molecule has 1 aromatic rings. The van der Waals surface area contributed by atoms with Crippen molar-refractivity contribution in [3.8, 4) is 5.75 Å². The molecule has 0 aliphatic heterocycles. The van der Waals surface area contributed by atoms with Crippen molar-refractivity contribution in [3.63, 3.8) is 0 Å². The summed E-state index contributed by atoms with van der Waals surface area (Å²) in [5.41, 5.74) is 0.213. The zero-order valence-electron chi connectivity index (χ0n) is 11.2. The van der Waals surface area contributed by atoms with Crippen molar-refractivity contribution in [1.29, 1.82) is 0 Å². The number of benzene rings is 1. The summed E-state index contributed by atoms with van der Waals surface area (Å²) in [7, 11) is 0. The number of hydrogen-bond acceptors (Lipinski definition) is 3. The van der Waals surface area contributed by atoms with Gasteiger partial charge in [0.1, 0.15) is 11.3 Å². The van der Waals surface area contributed by atoms with Gasteiger partial charge in [0.25, 0.3) is 0 Å². The summed E-state index contributed by atoms with van der Waals surface area (Å²) in [6.45, 7) is 0.819. The summed E-state index contributed by atoms with van der Waals surface area (Å²) in [4.78, 5) is 11.0. The zero-order valence-corrected chi connectivity index (χ0v) is 11.2. The van der Waals surface area contributed by atoms with Crippen molar-refractivity contribution >= 4 is 5.97 Å². The van der Waals surface area contributed by atoms with Gasteiger partial charge in [-0.25, -0.2) is 4.79 Å². The smallest absolute Gasteiger partial charge is 0.339 e. The first-order valence-corrected chi connectivity index (χ1v) is 6.81. The van der Waals surface area contributed by atoms with Crippen LogP contribution in [0.25, 0.3) is 0 Å². The van der Waals surface area contributed by atoms with Crippen LogP contribution in [-0.4, -0.2) is 29.4 Å². The molecule has 0 atom stereocenters. The minimum absolute atomic E-state index is 0.213. The van der Waals surface area contributed by atoms with E-state index in [1.54, 1.807) is 24.3 Å². The van der Waals surface area contributed by atoms with Crippen LogP contribution < -0.4 is 4.74 Å². The Bertz CT molecular complexity index is 376. The van der Waals surface area contributed by atoms with Gasteiger partial charge in [0.2, 0.25) is 0 Å². The van der Waals surface area contributed by atoms with Gasteiger partial charge in [0, 0.05) is 6.61 Å². The normalized spacial score (nSPS) is 10.4. The predicted molar refractivity (Wildman–Crippen MR) is 73.7 cm³/mol. The van der Waals surface area contributed by atoms with E-state index in [1.165, 1.54) is 0 Å². The van der Waals surface area contributed by atoms with Crippen LogP contribution in [0.2, 0.25) is 0 Å². The summed E-state index contributed by atoms with van der Waals surface area (Å²) in [5.74, 6) is -0.519. The molecule has 1 aromatic carbocycles. The average Bonchev–Trinajstić information content (AvgIpc) is 2.42. The van der Waals surface area contributed by atoms with Crippen LogP contribution in [0.4, 0.5) is 0 Å². The molecule has 0 spiro atoms. The van der Waals surface area contributed by atoms with Gasteiger partial charge in [-0.05, 0) is 25.0 Å². The number of carbonyl (C=O) groups is 1. The fraction of sp³-hybridized carbons (Fsp3) is 0.533. The van der Waals surface area contributed by atoms with E-state index in [4.69, 9.17) is 14.9 Å². The number of hydrogen-bond donors (Lipinski definition) is 2. The molecule has 0 saturated carbocycles. The largest absolute Gasteiger partial charge is 0.493 e. The fourth-order valence-electron chi connectivity index (χ4n) is 1.87. The molecule has 1 rings (SSSR count). The molecule has 0 aliphatic carbocycles. The monoisotopic (exact) mass is 266 g/mol. The number of aliphatic hydroxyl groups excluding tert-OH is 1. The van der Waals surface area contributed by atoms with E-state index >= 15 is 0 Å². The van der Waals surface area contributed by atoms with Crippen molar-refractivity contribution < 1.29 is 19.7 Å². The Balaban J connectivity index is 2.17. The Labute approximate surface area is 114 Å². The van der Waals surface area contributed by atoms with Crippen molar-refractivity contribution in [1.82, 2.24) is 0 Å². The van der Waals surface area contributed by atoms with Crippen molar-refractivity contribution in [3.05, 3.63) is 29.8 Å². The standard InChI is InChI=1S/C15H22O4/c16-11-7-3-1-2-4-8-12-19-14-10-6-5-9-13(14)15(17)18/h5-6,9-10,16H,1-4,7-8,11-12H2,(H,17,18). The molecule has 0 bridgehead atoms. The molecule has 0 fully saturated rings. The van der Waals surface area contributed by atoms with Gasteiger partial charge in [0.15, 0.2) is 0 Å². The van der Waals surface area contributed by atoms with Crippen LogP contribution in [-0.2, 0) is 0 Å². The lowest BCUT2D eigenvalue weighted by molar-refractivity contribution is 0.0692. The lowest BCUT2D eigenvalue weighted by Crippen LogP contribution is -2.04. The molecule has 0 heterocycles. The predicted octanol–water partition coefficient (Wildman–Crippen LogP) is 3.10. The van der Waals surface area contributed by atoms with E-state index in [9.17, 15) is 4.79 Å². The molecule has 0 amide bonds. The number of aliphatic hydroxyl groups is 1. The third-order valence-electron chi connectivity index (χ3n) is 2.93. The van der Waals surface area contributed by atoms with E-state index in [1.807, 2.05) is 0 Å². The van der Waals surface area contributed by atoms with Crippen LogP contribution in [0.5, 0.6) is 5.75 Å². The average molecular weight is 266 g/mol. The molecular formula is C15H22O4. The Morgan fingerprint density at radius 2 is 1.63 bits per heavy atom. The van der Waals surface area contributed by atoms with Crippen molar-refractivity contribution in [2.24, 2.45) is 0 Å². The first-order valence-electron chi connectivity index (χ1n) is 6.81. The first kappa shape index (κ1) is 15.5. The maximum atomic E-state index is 11.0. The highest BCUT2D eigenvalue weighted by Gasteiger charge is 2.09. The Morgan fingerprint density at radius 3 is 2.32 bits per heavy atom. The highest BCUT2D eigenvalue weighted by Crippen LogP contribution is 2.18. The highest BCUT2D eigenvalue weighted by molar-refractivity contribution is 5.90. The second kappa shape index (κ2) is 9.39. The number of aromatic carboxylic acids is 1. The van der Waals surface area contributed by atoms with E-state index in [2.05, 4.69) is 0 Å². The number of unbranched alkanes of at least 4 members (excludes halogenated alkanes) is 5. The summed E-state index contributed by atoms with van der Waals surface area (Å²) >= 11 is 0. The van der Waals surface area contributed by atoms with Gasteiger partial charge in [-0.15, -0.1) is 0 Å². The van der Waals surface area contributed by atoms with Crippen LogP contribution in [0.3, 0.4) is 0 Å². The number of ether oxygens (including phenoxy) is 1. The maximum Gasteiger partial charge on any atom is 0.339 e. The minimum atomic E-state index is -0.959. The van der Waals surface area contributed by atoms with Gasteiger partial charge in [-0.1, -0.05) is 37.8 Å². The summed E-state index contributed by atoms with van der Waals surface area (Å²) in [5, 5.41) is 17.6. The zero-order chi connectivity index (χ0) is 13.9. The minimum Gasteiger partial charge on any atom is -0.493 e. The molecule has 4 heteroatoms. The summed E-state index contributed by atoms with van der Waals surface area (Å²) in [6.07, 6.45) is 6.20. The molecule has 4 nitrogen and oxygen atoms in total. The fourth-order valence-corrected chi connectivity index (χ4v) is 1.87. The third-order valence-corrected chi connectivity index (χ3v) is 2.93. The van der Waals surface area contributed by atoms with Gasteiger partial charge >= 0.3 is 5.97 Å². The molecule has 0 unspecified atom stereocenters. The third kappa shape index (κ3) is 6.25. The Hall–Kier alpha value is -1.55. The summed E-state index contributed by atoms with van der Waals surface area (Å²) < 4.78 is 5.51. The molecule has 0 aromatic heterocycles. The van der Waals surface area contributed by atoms with E-state index in [0.717, 1.165) is 38.5 Å². The second-order valence-corrected chi connectivity index (χ2v) is 4.49. The number of rotatable bonds is 10. The SMILES string of the molecule is O=C(O)c1ccccc1OCCCCCCCCO. The number of carboxylic acid groups (broad SMARTS) is 1. The molecule has 0 aliphatic rings. The molecule has 0 radical (unpaired) electrons. The summed E-state index contributed by atoms with van der Waals surface area (Å²) in [6, 6.07) is 6.70. The van der Waals surface area contributed by atoms with Crippen molar-refractivity contribution in [2.75, 3.05) is 13.2 Å². The lowest BCUT2D eigenvalue weighted by Gasteiger charge is -2.08. The maximum absolute atomic E-state index is 11.0. The van der Waals surface area contributed by atoms with Crippen molar-refractivity contribution in [2.45, 2.75) is 38.5 Å². The van der Waals surface area contributed by atoms with Gasteiger partial charge in [-0.2, -0.15) is 0 Å².